The van der Waals surface area contributed by atoms with Crippen LogP contribution >= 0.6 is 0 Å². The number of carbonyl (C=O) groups excluding carboxylic acids is 1. The quantitative estimate of drug-likeness (QED) is 0.414. The van der Waals surface area contributed by atoms with Crippen LogP contribution in [0.4, 0.5) is 4.39 Å². The topological polar surface area (TPSA) is 80.2 Å². The number of hydrogen-bond donors (Lipinski definition) is 2. The van der Waals surface area contributed by atoms with Gasteiger partial charge in [-0.2, -0.15) is 0 Å². The summed E-state index contributed by atoms with van der Waals surface area (Å²) in [4.78, 5) is 18.2. The third-order valence-electron chi connectivity index (χ3n) is 5.81. The van der Waals surface area contributed by atoms with Crippen LogP contribution in [0, 0.1) is 5.82 Å². The molecule has 0 radical (unpaired) electrons. The lowest BCUT2D eigenvalue weighted by Crippen LogP contribution is -2.48. The van der Waals surface area contributed by atoms with Gasteiger partial charge in [-0.05, 0) is 53.9 Å². The number of aliphatic hydroxyl groups excluding tert-OH is 1. The third kappa shape index (κ3) is 6.45. The molecule has 0 saturated carbocycles. The molecule has 3 aromatic carbocycles. The van der Waals surface area contributed by atoms with Gasteiger partial charge in [0.15, 0.2) is 5.54 Å². The molecule has 1 atom stereocenters. The maximum absolute atomic E-state index is 13.4. The minimum atomic E-state index is -1.09. The SMILES string of the molecule is O=C(NCCc1ccc(F)cc1)[C@@]1(Cc2ccccc2)COC(c2ccc(OCCCO)cc2)=N1. The maximum Gasteiger partial charge on any atom is 0.251 e. The van der Waals surface area contributed by atoms with Gasteiger partial charge >= 0.3 is 0 Å². The van der Waals surface area contributed by atoms with E-state index >= 15 is 0 Å². The summed E-state index contributed by atoms with van der Waals surface area (Å²) in [6, 6.07) is 23.3. The highest BCUT2D eigenvalue weighted by Crippen LogP contribution is 2.27. The number of ether oxygens (including phenoxy) is 2. The number of benzene rings is 3. The van der Waals surface area contributed by atoms with Gasteiger partial charge in [0.1, 0.15) is 18.2 Å². The first kappa shape index (κ1) is 24.4. The minimum Gasteiger partial charge on any atom is -0.494 e. The second kappa shape index (κ2) is 11.6. The molecule has 1 aliphatic heterocycles. The van der Waals surface area contributed by atoms with E-state index in [0.717, 1.165) is 16.7 Å². The highest BCUT2D eigenvalue weighted by molar-refractivity contribution is 6.00. The predicted octanol–water partition coefficient (Wildman–Crippen LogP) is 3.70. The molecule has 6 nitrogen and oxygen atoms in total. The van der Waals surface area contributed by atoms with Crippen LogP contribution in [0.15, 0.2) is 83.9 Å². The molecular formula is C28H29FN2O4. The molecule has 1 amide bonds. The van der Waals surface area contributed by atoms with Crippen molar-refractivity contribution in [3.05, 3.63) is 101 Å². The molecule has 35 heavy (non-hydrogen) atoms. The summed E-state index contributed by atoms with van der Waals surface area (Å²) in [5.74, 6) is 0.614. The van der Waals surface area contributed by atoms with Gasteiger partial charge in [0.25, 0.3) is 5.91 Å². The molecule has 0 spiro atoms. The number of nitrogens with one attached hydrogen (secondary N) is 1. The number of amides is 1. The molecular weight excluding hydrogens is 447 g/mol. The lowest BCUT2D eigenvalue weighted by molar-refractivity contribution is -0.126. The zero-order valence-electron chi connectivity index (χ0n) is 19.5. The largest absolute Gasteiger partial charge is 0.494 e. The zero-order valence-corrected chi connectivity index (χ0v) is 19.5. The Morgan fingerprint density at radius 2 is 1.77 bits per heavy atom. The third-order valence-corrected chi connectivity index (χ3v) is 5.81. The van der Waals surface area contributed by atoms with Crippen LogP contribution in [0.2, 0.25) is 0 Å². The number of rotatable bonds is 11. The molecule has 0 bridgehead atoms. The molecule has 0 saturated heterocycles. The predicted molar refractivity (Wildman–Crippen MR) is 132 cm³/mol. The number of hydrogen-bond acceptors (Lipinski definition) is 5. The second-order valence-corrected chi connectivity index (χ2v) is 8.48. The van der Waals surface area contributed by atoms with Crippen molar-refractivity contribution in [3.8, 4) is 5.75 Å². The number of carbonyl (C=O) groups is 1. The van der Waals surface area contributed by atoms with Gasteiger partial charge in [-0.1, -0.05) is 42.5 Å². The van der Waals surface area contributed by atoms with E-state index in [1.165, 1.54) is 12.1 Å². The Bertz CT molecular complexity index is 1130. The summed E-state index contributed by atoms with van der Waals surface area (Å²) in [7, 11) is 0. The molecule has 0 unspecified atom stereocenters. The minimum absolute atomic E-state index is 0.0815. The molecule has 182 valence electrons. The van der Waals surface area contributed by atoms with E-state index in [4.69, 9.17) is 19.6 Å². The highest BCUT2D eigenvalue weighted by atomic mass is 19.1. The first-order valence-corrected chi connectivity index (χ1v) is 11.7. The van der Waals surface area contributed by atoms with E-state index in [-0.39, 0.29) is 24.9 Å². The monoisotopic (exact) mass is 476 g/mol. The highest BCUT2D eigenvalue weighted by Gasteiger charge is 2.44. The van der Waals surface area contributed by atoms with Gasteiger partial charge in [-0.25, -0.2) is 9.38 Å². The van der Waals surface area contributed by atoms with Crippen LogP contribution in [0.5, 0.6) is 5.75 Å². The smallest absolute Gasteiger partial charge is 0.251 e. The fourth-order valence-electron chi connectivity index (χ4n) is 3.90. The summed E-state index contributed by atoms with van der Waals surface area (Å²) < 4.78 is 24.7. The van der Waals surface area contributed by atoms with Crippen molar-refractivity contribution in [1.82, 2.24) is 5.32 Å². The average molecular weight is 477 g/mol. The fraction of sp³-hybridized carbons (Fsp3) is 0.286. The van der Waals surface area contributed by atoms with Gasteiger partial charge in [0, 0.05) is 31.6 Å². The molecule has 1 heterocycles. The summed E-state index contributed by atoms with van der Waals surface area (Å²) >= 11 is 0. The van der Waals surface area contributed by atoms with Crippen LogP contribution < -0.4 is 10.1 Å². The Morgan fingerprint density at radius 3 is 2.49 bits per heavy atom. The number of nitrogens with zero attached hydrogens (tertiary/aromatic N) is 1. The Morgan fingerprint density at radius 1 is 1.03 bits per heavy atom. The Balaban J connectivity index is 1.49. The summed E-state index contributed by atoms with van der Waals surface area (Å²) in [5.41, 5.74) is 1.60. The normalized spacial score (nSPS) is 16.9. The van der Waals surface area contributed by atoms with Gasteiger partial charge in [-0.3, -0.25) is 4.79 Å². The zero-order chi connectivity index (χ0) is 24.5. The van der Waals surface area contributed by atoms with Crippen molar-refractivity contribution < 1.29 is 23.8 Å². The van der Waals surface area contributed by atoms with Crippen LogP contribution in [-0.4, -0.2) is 48.8 Å². The molecule has 7 heteroatoms. The molecule has 0 aliphatic carbocycles. The van der Waals surface area contributed by atoms with Crippen LogP contribution in [0.1, 0.15) is 23.1 Å². The first-order valence-electron chi connectivity index (χ1n) is 11.7. The summed E-state index contributed by atoms with van der Waals surface area (Å²) in [5, 5.41) is 11.9. The molecule has 2 N–H and O–H groups in total. The van der Waals surface area contributed by atoms with E-state index in [0.29, 0.717) is 44.1 Å². The van der Waals surface area contributed by atoms with E-state index < -0.39 is 5.54 Å². The van der Waals surface area contributed by atoms with Crippen molar-refractivity contribution in [3.63, 3.8) is 0 Å². The Labute approximate surface area is 204 Å². The summed E-state index contributed by atoms with van der Waals surface area (Å²) in [6.45, 7) is 1.06. The van der Waals surface area contributed by atoms with E-state index in [9.17, 15) is 9.18 Å². The van der Waals surface area contributed by atoms with Crippen LogP contribution in [0.25, 0.3) is 0 Å². The van der Waals surface area contributed by atoms with Crippen molar-refractivity contribution in [1.29, 1.82) is 0 Å². The average Bonchev–Trinajstić information content (AvgIpc) is 3.31. The van der Waals surface area contributed by atoms with Crippen LogP contribution in [0.3, 0.4) is 0 Å². The first-order chi connectivity index (χ1) is 17.1. The molecule has 0 fully saturated rings. The molecule has 1 aliphatic rings. The fourth-order valence-corrected chi connectivity index (χ4v) is 3.90. The number of aliphatic imine (C=N–C) groups is 1. The Kier molecular flexibility index (Phi) is 8.11. The standard InChI is InChI=1S/C28H29FN2O4/c29-24-11-7-21(8-12-24)15-16-30-27(33)28(19-22-5-2-1-3-6-22)20-35-26(31-28)23-9-13-25(14-10-23)34-18-4-17-32/h1-3,5-14,32H,4,15-20H2,(H,30,33)/t28-/m1/s1. The number of halogens is 1. The second-order valence-electron chi connectivity index (χ2n) is 8.48. The van der Waals surface area contributed by atoms with E-state index in [1.807, 2.05) is 54.6 Å². The van der Waals surface area contributed by atoms with Crippen molar-refractivity contribution in [2.45, 2.75) is 24.8 Å². The van der Waals surface area contributed by atoms with Crippen molar-refractivity contribution in [2.75, 3.05) is 26.4 Å². The lowest BCUT2D eigenvalue weighted by atomic mass is 9.91. The summed E-state index contributed by atoms with van der Waals surface area (Å²) in [6.07, 6.45) is 1.56. The van der Waals surface area contributed by atoms with E-state index in [2.05, 4.69) is 5.32 Å². The van der Waals surface area contributed by atoms with Gasteiger partial charge in [0.2, 0.25) is 5.90 Å². The van der Waals surface area contributed by atoms with E-state index in [1.54, 1.807) is 12.1 Å². The van der Waals surface area contributed by atoms with Crippen LogP contribution in [-0.2, 0) is 22.4 Å². The molecule has 4 rings (SSSR count). The van der Waals surface area contributed by atoms with Gasteiger partial charge < -0.3 is 19.9 Å². The van der Waals surface area contributed by atoms with Crippen molar-refractivity contribution >= 4 is 11.8 Å². The Hall–Kier alpha value is -3.71. The number of aliphatic hydroxyl groups is 1. The van der Waals surface area contributed by atoms with Gasteiger partial charge in [0.05, 0.1) is 6.61 Å². The molecule has 0 aromatic heterocycles. The van der Waals surface area contributed by atoms with Crippen molar-refractivity contribution in [2.24, 2.45) is 4.99 Å². The van der Waals surface area contributed by atoms with Gasteiger partial charge in [-0.15, -0.1) is 0 Å². The lowest BCUT2D eigenvalue weighted by Gasteiger charge is -2.23. The maximum atomic E-state index is 13.4. The molecule has 3 aromatic rings.